The predicted molar refractivity (Wildman–Crippen MR) is 77.1 cm³/mol. The summed E-state index contributed by atoms with van der Waals surface area (Å²) in [7, 11) is 1.85. The summed E-state index contributed by atoms with van der Waals surface area (Å²) < 4.78 is 8.17. The van der Waals surface area contributed by atoms with Gasteiger partial charge >= 0.3 is 0 Å². The molecule has 0 amide bonds. The molecule has 0 aromatic carbocycles. The highest BCUT2D eigenvalue weighted by Gasteiger charge is 2.39. The fraction of sp³-hybridized carbons (Fsp3) is 0.750. The van der Waals surface area contributed by atoms with Gasteiger partial charge in [-0.05, 0) is 49.1 Å². The highest BCUT2D eigenvalue weighted by atomic mass is 16.5. The summed E-state index contributed by atoms with van der Waals surface area (Å²) >= 11 is 0. The van der Waals surface area contributed by atoms with Crippen LogP contribution in [0.5, 0.6) is 0 Å². The van der Waals surface area contributed by atoms with Gasteiger partial charge in [-0.1, -0.05) is 13.8 Å². The van der Waals surface area contributed by atoms with Crippen LogP contribution in [0.4, 0.5) is 0 Å². The maximum atomic E-state index is 6.33. The van der Waals surface area contributed by atoms with Gasteiger partial charge in [-0.2, -0.15) is 0 Å². The molecular weight excluding hydrogens is 236 g/mol. The van der Waals surface area contributed by atoms with E-state index in [0.717, 1.165) is 19.4 Å². The first-order chi connectivity index (χ1) is 8.95. The van der Waals surface area contributed by atoms with Crippen LogP contribution in [0.25, 0.3) is 0 Å². The molecule has 1 saturated carbocycles. The number of hydrogen-bond acceptors (Lipinski definition) is 2. The largest absolute Gasteiger partial charge is 0.376 e. The van der Waals surface area contributed by atoms with Gasteiger partial charge in [0.1, 0.15) is 0 Å². The van der Waals surface area contributed by atoms with Crippen molar-refractivity contribution in [1.82, 2.24) is 4.57 Å². The summed E-state index contributed by atoms with van der Waals surface area (Å²) in [5.41, 5.74) is 9.51. The minimum atomic E-state index is 0.0818. The smallest absolute Gasteiger partial charge is 0.0856 e. The molecule has 0 spiro atoms. The van der Waals surface area contributed by atoms with E-state index in [1.165, 1.54) is 30.5 Å². The van der Waals surface area contributed by atoms with Gasteiger partial charge in [0.05, 0.1) is 12.1 Å². The monoisotopic (exact) mass is 262 g/mol. The van der Waals surface area contributed by atoms with Crippen LogP contribution < -0.4 is 5.73 Å². The molecule has 3 nitrogen and oxygen atoms in total. The number of nitrogens with two attached hydrogens (primary N) is 1. The Kier molecular flexibility index (Phi) is 3.02. The lowest BCUT2D eigenvalue weighted by Crippen LogP contribution is -2.43. The summed E-state index contributed by atoms with van der Waals surface area (Å²) in [5.74, 6) is 0. The van der Waals surface area contributed by atoms with E-state index in [0.29, 0.717) is 5.41 Å². The molecule has 19 heavy (non-hydrogen) atoms. The minimum absolute atomic E-state index is 0.0818. The molecule has 1 fully saturated rings. The van der Waals surface area contributed by atoms with Gasteiger partial charge in [-0.3, -0.25) is 0 Å². The topological polar surface area (TPSA) is 40.2 Å². The zero-order valence-corrected chi connectivity index (χ0v) is 12.4. The number of rotatable bonds is 3. The third kappa shape index (κ3) is 2.23. The number of methoxy groups -OCH3 is 1. The summed E-state index contributed by atoms with van der Waals surface area (Å²) in [6, 6.07) is 2.41. The summed E-state index contributed by atoms with van der Waals surface area (Å²) in [6.07, 6.45) is 8.09. The SMILES string of the molecule is COC1(Cn2ccc3c2CC(C)(C)CC3N)CCC1. The Bertz CT molecular complexity index is 466. The molecular formula is C16H26N2O. The van der Waals surface area contributed by atoms with Gasteiger partial charge in [0.25, 0.3) is 0 Å². The van der Waals surface area contributed by atoms with Crippen LogP contribution in [0.3, 0.4) is 0 Å². The molecule has 3 rings (SSSR count). The van der Waals surface area contributed by atoms with Crippen molar-refractivity contribution in [3.8, 4) is 0 Å². The average molecular weight is 262 g/mol. The lowest BCUT2D eigenvalue weighted by Gasteiger charge is -2.42. The number of nitrogens with zero attached hydrogens (tertiary/aromatic N) is 1. The first-order valence-electron chi connectivity index (χ1n) is 7.43. The van der Waals surface area contributed by atoms with E-state index < -0.39 is 0 Å². The Morgan fingerprint density at radius 3 is 2.74 bits per heavy atom. The number of hydrogen-bond donors (Lipinski definition) is 1. The van der Waals surface area contributed by atoms with Crippen molar-refractivity contribution in [3.63, 3.8) is 0 Å². The second kappa shape index (κ2) is 4.35. The van der Waals surface area contributed by atoms with Gasteiger partial charge in [0.15, 0.2) is 0 Å². The summed E-state index contributed by atoms with van der Waals surface area (Å²) in [4.78, 5) is 0. The Labute approximate surface area is 116 Å². The van der Waals surface area contributed by atoms with E-state index >= 15 is 0 Å². The Balaban J connectivity index is 1.88. The molecule has 2 N–H and O–H groups in total. The number of ether oxygens (including phenoxy) is 1. The van der Waals surface area contributed by atoms with Crippen molar-refractivity contribution in [2.75, 3.05) is 7.11 Å². The van der Waals surface area contributed by atoms with Crippen molar-refractivity contribution in [3.05, 3.63) is 23.5 Å². The van der Waals surface area contributed by atoms with Crippen molar-refractivity contribution < 1.29 is 4.74 Å². The van der Waals surface area contributed by atoms with Crippen molar-refractivity contribution in [2.45, 2.75) is 64.1 Å². The van der Waals surface area contributed by atoms with Crippen LogP contribution in [-0.2, 0) is 17.7 Å². The van der Waals surface area contributed by atoms with Crippen LogP contribution in [0, 0.1) is 5.41 Å². The maximum absolute atomic E-state index is 6.33. The molecule has 0 bridgehead atoms. The predicted octanol–water partition coefficient (Wildman–Crippen LogP) is 3.03. The van der Waals surface area contributed by atoms with Gasteiger partial charge < -0.3 is 15.0 Å². The molecule has 3 heteroatoms. The second-order valence-electron chi connectivity index (χ2n) is 7.24. The Hall–Kier alpha value is -0.800. The summed E-state index contributed by atoms with van der Waals surface area (Å²) in [6.45, 7) is 5.63. The van der Waals surface area contributed by atoms with E-state index in [-0.39, 0.29) is 11.6 Å². The molecule has 0 aliphatic heterocycles. The van der Waals surface area contributed by atoms with E-state index in [9.17, 15) is 0 Å². The van der Waals surface area contributed by atoms with Crippen LogP contribution in [-0.4, -0.2) is 17.3 Å². The molecule has 1 aromatic rings. The zero-order chi connectivity index (χ0) is 13.7. The third-order valence-electron chi connectivity index (χ3n) is 5.09. The Morgan fingerprint density at radius 1 is 1.42 bits per heavy atom. The van der Waals surface area contributed by atoms with Crippen LogP contribution >= 0.6 is 0 Å². The number of aromatic nitrogens is 1. The minimum Gasteiger partial charge on any atom is -0.376 e. The van der Waals surface area contributed by atoms with Crippen molar-refractivity contribution in [2.24, 2.45) is 11.1 Å². The molecule has 2 aliphatic rings. The van der Waals surface area contributed by atoms with Gasteiger partial charge in [0.2, 0.25) is 0 Å². The third-order valence-corrected chi connectivity index (χ3v) is 5.09. The average Bonchev–Trinajstić information content (AvgIpc) is 2.65. The second-order valence-corrected chi connectivity index (χ2v) is 7.24. The quantitative estimate of drug-likeness (QED) is 0.909. The highest BCUT2D eigenvalue weighted by molar-refractivity contribution is 5.30. The molecule has 1 unspecified atom stereocenters. The Morgan fingerprint density at radius 2 is 2.16 bits per heavy atom. The lowest BCUT2D eigenvalue weighted by molar-refractivity contribution is -0.0840. The zero-order valence-electron chi connectivity index (χ0n) is 12.4. The first-order valence-corrected chi connectivity index (χ1v) is 7.43. The lowest BCUT2D eigenvalue weighted by atomic mass is 9.74. The van der Waals surface area contributed by atoms with Crippen molar-refractivity contribution >= 4 is 0 Å². The van der Waals surface area contributed by atoms with E-state index in [2.05, 4.69) is 30.7 Å². The fourth-order valence-electron chi connectivity index (χ4n) is 3.75. The normalized spacial score (nSPS) is 27.7. The van der Waals surface area contributed by atoms with Gasteiger partial charge in [-0.15, -0.1) is 0 Å². The standard InChI is InChI=1S/C16H26N2O/c1-15(2)9-13(17)12-5-8-18(14(12)10-15)11-16(19-3)6-4-7-16/h5,8,13H,4,6-7,9-11,17H2,1-3H3. The number of fused-ring (bicyclic) bond motifs is 1. The van der Waals surface area contributed by atoms with E-state index in [1.807, 2.05) is 7.11 Å². The molecule has 1 atom stereocenters. The molecule has 2 aliphatic carbocycles. The van der Waals surface area contributed by atoms with Crippen molar-refractivity contribution in [1.29, 1.82) is 0 Å². The maximum Gasteiger partial charge on any atom is 0.0856 e. The molecule has 1 heterocycles. The first kappa shape index (κ1) is 13.2. The fourth-order valence-corrected chi connectivity index (χ4v) is 3.75. The molecule has 1 aromatic heterocycles. The van der Waals surface area contributed by atoms with Crippen LogP contribution in [0.2, 0.25) is 0 Å². The van der Waals surface area contributed by atoms with Gasteiger partial charge in [0, 0.05) is 25.0 Å². The summed E-state index contributed by atoms with van der Waals surface area (Å²) in [5, 5.41) is 0. The van der Waals surface area contributed by atoms with Gasteiger partial charge in [-0.25, -0.2) is 0 Å². The van der Waals surface area contributed by atoms with Crippen LogP contribution in [0.1, 0.15) is 56.8 Å². The van der Waals surface area contributed by atoms with E-state index in [1.54, 1.807) is 0 Å². The highest BCUT2D eigenvalue weighted by Crippen LogP contribution is 2.42. The molecule has 106 valence electrons. The molecule has 0 radical (unpaired) electrons. The molecule has 0 saturated heterocycles. The van der Waals surface area contributed by atoms with E-state index in [4.69, 9.17) is 10.5 Å². The van der Waals surface area contributed by atoms with Crippen LogP contribution in [0.15, 0.2) is 12.3 Å².